The standard InChI is InChI=1S/C11H17N3O4/c1-17-10-6-8(13-5-3-4-12)9(14(15)16)7-11(10)18-2/h6-7,13H,3-5,12H2,1-2H3. The van der Waals surface area contributed by atoms with Gasteiger partial charge in [-0.1, -0.05) is 0 Å². The minimum absolute atomic E-state index is 0.0512. The van der Waals surface area contributed by atoms with E-state index < -0.39 is 4.92 Å². The van der Waals surface area contributed by atoms with Crippen LogP contribution in [-0.2, 0) is 0 Å². The van der Waals surface area contributed by atoms with Crippen LogP contribution < -0.4 is 20.5 Å². The highest BCUT2D eigenvalue weighted by Crippen LogP contribution is 2.37. The van der Waals surface area contributed by atoms with E-state index in [9.17, 15) is 10.1 Å². The van der Waals surface area contributed by atoms with Crippen LogP contribution >= 0.6 is 0 Å². The molecule has 1 aromatic rings. The SMILES string of the molecule is COc1cc(NCCCN)c([N+](=O)[O-])cc1OC. The normalized spacial score (nSPS) is 9.94. The molecule has 7 nitrogen and oxygen atoms in total. The average Bonchev–Trinajstić information content (AvgIpc) is 2.38. The zero-order valence-corrected chi connectivity index (χ0v) is 10.4. The Hall–Kier alpha value is -2.02. The summed E-state index contributed by atoms with van der Waals surface area (Å²) in [6.45, 7) is 1.08. The van der Waals surface area contributed by atoms with Crippen LogP contribution in [0.1, 0.15) is 6.42 Å². The van der Waals surface area contributed by atoms with E-state index in [1.807, 2.05) is 0 Å². The van der Waals surface area contributed by atoms with Gasteiger partial charge >= 0.3 is 0 Å². The monoisotopic (exact) mass is 255 g/mol. The van der Waals surface area contributed by atoms with Crippen molar-refractivity contribution < 1.29 is 14.4 Å². The highest BCUT2D eigenvalue weighted by molar-refractivity contribution is 5.68. The molecule has 0 aliphatic heterocycles. The van der Waals surface area contributed by atoms with Crippen molar-refractivity contribution in [2.24, 2.45) is 5.73 Å². The van der Waals surface area contributed by atoms with Crippen molar-refractivity contribution in [3.05, 3.63) is 22.2 Å². The maximum absolute atomic E-state index is 11.0. The fourth-order valence-electron chi connectivity index (χ4n) is 1.49. The van der Waals surface area contributed by atoms with E-state index in [-0.39, 0.29) is 5.69 Å². The molecule has 0 radical (unpaired) electrons. The second-order valence-corrected chi connectivity index (χ2v) is 3.55. The molecule has 1 aromatic carbocycles. The Balaban J connectivity index is 3.08. The van der Waals surface area contributed by atoms with Crippen LogP contribution in [0.15, 0.2) is 12.1 Å². The van der Waals surface area contributed by atoms with Gasteiger partial charge in [0.2, 0.25) is 0 Å². The molecule has 7 heteroatoms. The van der Waals surface area contributed by atoms with E-state index in [0.717, 1.165) is 6.42 Å². The minimum atomic E-state index is -0.466. The largest absolute Gasteiger partial charge is 0.493 e. The molecule has 0 unspecified atom stereocenters. The van der Waals surface area contributed by atoms with E-state index in [2.05, 4.69) is 5.32 Å². The third kappa shape index (κ3) is 3.24. The lowest BCUT2D eigenvalue weighted by Gasteiger charge is -2.11. The Bertz CT molecular complexity index is 423. The number of nitrogens with one attached hydrogen (secondary N) is 1. The summed E-state index contributed by atoms with van der Waals surface area (Å²) in [5.74, 6) is 0.770. The van der Waals surface area contributed by atoms with Gasteiger partial charge in [-0.3, -0.25) is 10.1 Å². The molecular weight excluding hydrogens is 238 g/mol. The maximum Gasteiger partial charge on any atom is 0.296 e. The molecule has 100 valence electrons. The van der Waals surface area contributed by atoms with Gasteiger partial charge in [0.25, 0.3) is 5.69 Å². The zero-order chi connectivity index (χ0) is 13.5. The third-order valence-electron chi connectivity index (χ3n) is 2.39. The number of nitro groups is 1. The van der Waals surface area contributed by atoms with Crippen molar-refractivity contribution in [3.8, 4) is 11.5 Å². The number of nitrogens with zero attached hydrogens (tertiary/aromatic N) is 1. The fourth-order valence-corrected chi connectivity index (χ4v) is 1.49. The molecule has 0 atom stereocenters. The van der Waals surface area contributed by atoms with Gasteiger partial charge in [-0.2, -0.15) is 0 Å². The van der Waals surface area contributed by atoms with Crippen LogP contribution in [0.2, 0.25) is 0 Å². The van der Waals surface area contributed by atoms with E-state index in [0.29, 0.717) is 30.3 Å². The predicted molar refractivity (Wildman–Crippen MR) is 68.4 cm³/mol. The van der Waals surface area contributed by atoms with Crippen molar-refractivity contribution in [1.82, 2.24) is 0 Å². The predicted octanol–water partition coefficient (Wildman–Crippen LogP) is 1.37. The lowest BCUT2D eigenvalue weighted by molar-refractivity contribution is -0.384. The van der Waals surface area contributed by atoms with Crippen molar-refractivity contribution in [2.45, 2.75) is 6.42 Å². The molecule has 0 saturated carbocycles. The number of ether oxygens (including phenoxy) is 2. The maximum atomic E-state index is 11.0. The molecular formula is C11H17N3O4. The first-order valence-electron chi connectivity index (χ1n) is 5.48. The number of hydrogen-bond acceptors (Lipinski definition) is 6. The summed E-state index contributed by atoms with van der Waals surface area (Å²) in [5.41, 5.74) is 5.72. The smallest absolute Gasteiger partial charge is 0.296 e. The van der Waals surface area contributed by atoms with Gasteiger partial charge in [-0.25, -0.2) is 0 Å². The van der Waals surface area contributed by atoms with E-state index in [1.165, 1.54) is 20.3 Å². The van der Waals surface area contributed by atoms with Gasteiger partial charge in [0.1, 0.15) is 5.69 Å². The summed E-state index contributed by atoms with van der Waals surface area (Å²) in [6, 6.07) is 2.89. The molecule has 0 bridgehead atoms. The fraction of sp³-hybridized carbons (Fsp3) is 0.455. The van der Waals surface area contributed by atoms with Gasteiger partial charge < -0.3 is 20.5 Å². The quantitative estimate of drug-likeness (QED) is 0.433. The number of rotatable bonds is 7. The van der Waals surface area contributed by atoms with Crippen LogP contribution in [0.4, 0.5) is 11.4 Å². The van der Waals surface area contributed by atoms with Crippen molar-refractivity contribution in [3.63, 3.8) is 0 Å². The lowest BCUT2D eigenvalue weighted by Crippen LogP contribution is -2.10. The number of methoxy groups -OCH3 is 2. The molecule has 0 aliphatic carbocycles. The topological polar surface area (TPSA) is 99.7 Å². The van der Waals surface area contributed by atoms with Gasteiger partial charge in [0.05, 0.1) is 25.2 Å². The van der Waals surface area contributed by atoms with Gasteiger partial charge in [0, 0.05) is 12.6 Å². The summed E-state index contributed by atoms with van der Waals surface area (Å²) < 4.78 is 10.1. The summed E-state index contributed by atoms with van der Waals surface area (Å²) in [5, 5.41) is 13.9. The molecule has 0 aromatic heterocycles. The Morgan fingerprint density at radius 2 is 1.94 bits per heavy atom. The minimum Gasteiger partial charge on any atom is -0.493 e. The van der Waals surface area contributed by atoms with Gasteiger partial charge in [-0.05, 0) is 13.0 Å². The van der Waals surface area contributed by atoms with Crippen molar-refractivity contribution in [2.75, 3.05) is 32.6 Å². The Morgan fingerprint density at radius 1 is 1.33 bits per heavy atom. The van der Waals surface area contributed by atoms with Crippen LogP contribution in [-0.4, -0.2) is 32.2 Å². The number of benzene rings is 1. The second kappa shape index (κ2) is 6.65. The molecule has 0 saturated heterocycles. The highest BCUT2D eigenvalue weighted by atomic mass is 16.6. The van der Waals surface area contributed by atoms with E-state index in [4.69, 9.17) is 15.2 Å². The number of anilines is 1. The van der Waals surface area contributed by atoms with E-state index in [1.54, 1.807) is 6.07 Å². The first-order valence-corrected chi connectivity index (χ1v) is 5.48. The number of hydrogen-bond donors (Lipinski definition) is 2. The van der Waals surface area contributed by atoms with Crippen molar-refractivity contribution >= 4 is 11.4 Å². The molecule has 0 spiro atoms. The van der Waals surface area contributed by atoms with Crippen LogP contribution in [0, 0.1) is 10.1 Å². The number of nitrogens with two attached hydrogens (primary N) is 1. The molecule has 0 aliphatic rings. The average molecular weight is 255 g/mol. The Kier molecular flexibility index (Phi) is 5.19. The summed E-state index contributed by atoms with van der Waals surface area (Å²) in [7, 11) is 2.91. The first kappa shape index (κ1) is 14.0. The highest BCUT2D eigenvalue weighted by Gasteiger charge is 2.18. The van der Waals surface area contributed by atoms with Crippen LogP contribution in [0.25, 0.3) is 0 Å². The third-order valence-corrected chi connectivity index (χ3v) is 2.39. The van der Waals surface area contributed by atoms with E-state index >= 15 is 0 Å². The summed E-state index contributed by atoms with van der Waals surface area (Å²) in [4.78, 5) is 10.5. The van der Waals surface area contributed by atoms with Crippen LogP contribution in [0.3, 0.4) is 0 Å². The van der Waals surface area contributed by atoms with Crippen LogP contribution in [0.5, 0.6) is 11.5 Å². The molecule has 0 fully saturated rings. The lowest BCUT2D eigenvalue weighted by atomic mass is 10.2. The Morgan fingerprint density at radius 3 is 2.44 bits per heavy atom. The number of nitro benzene ring substituents is 1. The molecule has 0 heterocycles. The molecule has 18 heavy (non-hydrogen) atoms. The zero-order valence-electron chi connectivity index (χ0n) is 10.4. The Labute approximate surface area is 105 Å². The van der Waals surface area contributed by atoms with Gasteiger partial charge in [0.15, 0.2) is 11.5 Å². The molecule has 0 amide bonds. The second-order valence-electron chi connectivity index (χ2n) is 3.55. The van der Waals surface area contributed by atoms with Gasteiger partial charge in [-0.15, -0.1) is 0 Å². The van der Waals surface area contributed by atoms with Crippen molar-refractivity contribution in [1.29, 1.82) is 0 Å². The molecule has 1 rings (SSSR count). The summed E-state index contributed by atoms with van der Waals surface area (Å²) >= 11 is 0. The first-order chi connectivity index (χ1) is 8.63. The summed E-state index contributed by atoms with van der Waals surface area (Å²) in [6.07, 6.45) is 0.728. The molecule has 3 N–H and O–H groups in total.